The summed E-state index contributed by atoms with van der Waals surface area (Å²) < 4.78 is 74.4. The van der Waals surface area contributed by atoms with Crippen molar-refractivity contribution < 1.29 is 31.4 Å². The zero-order chi connectivity index (χ0) is 24.1. The normalized spacial score (nSPS) is 14.5. The van der Waals surface area contributed by atoms with Gasteiger partial charge in [-0.1, -0.05) is 0 Å². The molecular formula is C20H23F3N4O4S. The highest BCUT2D eigenvalue weighted by Crippen LogP contribution is 2.35. The largest absolute Gasteiger partial charge is 0.489 e. The van der Waals surface area contributed by atoms with Crippen LogP contribution in [0, 0.1) is 11.8 Å². The van der Waals surface area contributed by atoms with E-state index in [9.17, 15) is 21.6 Å². The Morgan fingerprint density at radius 1 is 1.22 bits per heavy atom. The van der Waals surface area contributed by atoms with Crippen molar-refractivity contribution in [2.24, 2.45) is 0 Å². The number of pyridine rings is 2. The van der Waals surface area contributed by atoms with Crippen LogP contribution in [0.1, 0.15) is 27.7 Å². The Hall–Kier alpha value is -2.86. The maximum absolute atomic E-state index is 14.4. The van der Waals surface area contributed by atoms with Gasteiger partial charge in [0.15, 0.2) is 27.1 Å². The van der Waals surface area contributed by atoms with Crippen molar-refractivity contribution in [3.63, 3.8) is 0 Å². The average molecular weight is 472 g/mol. The maximum atomic E-state index is 14.4. The minimum Gasteiger partial charge on any atom is -0.489 e. The molecule has 32 heavy (non-hydrogen) atoms. The molecule has 0 aliphatic rings. The lowest BCUT2D eigenvalue weighted by Gasteiger charge is -2.23. The first kappa shape index (κ1) is 23.8. The molecule has 3 N–H and O–H groups in total. The second-order valence-electron chi connectivity index (χ2n) is 8.54. The molecule has 0 bridgehead atoms. The molecule has 0 amide bonds. The third-order valence-electron chi connectivity index (χ3n) is 4.76. The summed E-state index contributed by atoms with van der Waals surface area (Å²) in [6.45, 7) is 4.05. The van der Waals surface area contributed by atoms with E-state index in [1.807, 2.05) is 0 Å². The van der Waals surface area contributed by atoms with Crippen LogP contribution in [0.4, 0.5) is 19.0 Å². The predicted molar refractivity (Wildman–Crippen MR) is 112 cm³/mol. The van der Waals surface area contributed by atoms with Crippen molar-refractivity contribution in [1.82, 2.24) is 14.4 Å². The Kier molecular flexibility index (Phi) is 5.89. The Morgan fingerprint density at radius 3 is 2.47 bits per heavy atom. The van der Waals surface area contributed by atoms with E-state index in [1.54, 1.807) is 0 Å². The van der Waals surface area contributed by atoms with E-state index >= 15 is 0 Å². The highest BCUT2D eigenvalue weighted by molar-refractivity contribution is 7.92. The fourth-order valence-corrected chi connectivity index (χ4v) is 4.05. The molecule has 0 aromatic carbocycles. The van der Waals surface area contributed by atoms with Crippen LogP contribution in [0.2, 0.25) is 0 Å². The van der Waals surface area contributed by atoms with Gasteiger partial charge >= 0.3 is 0 Å². The number of sulfone groups is 1. The van der Waals surface area contributed by atoms with Crippen LogP contribution in [0.5, 0.6) is 5.75 Å². The molecule has 0 saturated carbocycles. The zero-order valence-electron chi connectivity index (χ0n) is 17.9. The fourth-order valence-electron chi connectivity index (χ4n) is 2.76. The van der Waals surface area contributed by atoms with E-state index in [-0.39, 0.29) is 27.5 Å². The fraction of sp³-hybridized carbons (Fsp3) is 0.400. The molecule has 0 spiro atoms. The molecule has 0 fully saturated rings. The number of aliphatic hydroxyl groups excluding tert-OH is 1. The van der Waals surface area contributed by atoms with Gasteiger partial charge in [-0.05, 0) is 33.8 Å². The van der Waals surface area contributed by atoms with Crippen LogP contribution in [-0.4, -0.2) is 51.5 Å². The van der Waals surface area contributed by atoms with Crippen LogP contribution >= 0.6 is 0 Å². The first-order chi connectivity index (χ1) is 14.7. The quantitative estimate of drug-likeness (QED) is 0.529. The molecule has 0 aliphatic heterocycles. The lowest BCUT2D eigenvalue weighted by Crippen LogP contribution is -2.32. The first-order valence-corrected chi connectivity index (χ1v) is 11.0. The topological polar surface area (TPSA) is 120 Å². The highest BCUT2D eigenvalue weighted by Gasteiger charge is 2.35. The molecule has 3 rings (SSSR count). The number of hydrogen-bond donors (Lipinski definition) is 2. The number of rotatable bonds is 6. The van der Waals surface area contributed by atoms with Gasteiger partial charge in [0, 0.05) is 12.3 Å². The van der Waals surface area contributed by atoms with Gasteiger partial charge in [-0.15, -0.1) is 0 Å². The molecular weight excluding hydrogens is 449 g/mol. The van der Waals surface area contributed by atoms with E-state index in [1.165, 1.54) is 37.4 Å². The number of alkyl halides is 1. The number of fused-ring (bicyclic) bond motifs is 1. The zero-order valence-corrected chi connectivity index (χ0v) is 18.7. The first-order valence-electron chi connectivity index (χ1n) is 9.48. The van der Waals surface area contributed by atoms with E-state index < -0.39 is 51.0 Å². The lowest BCUT2D eigenvalue weighted by atomic mass is 10.2. The highest BCUT2D eigenvalue weighted by atomic mass is 32.2. The summed E-state index contributed by atoms with van der Waals surface area (Å²) in [6.07, 6.45) is 2.35. The van der Waals surface area contributed by atoms with E-state index in [0.717, 1.165) is 19.2 Å². The summed E-state index contributed by atoms with van der Waals surface area (Å²) in [4.78, 5) is 7.10. The molecule has 8 nitrogen and oxygen atoms in total. The smallest absolute Gasteiger partial charge is 0.224 e. The molecule has 174 valence electrons. The van der Waals surface area contributed by atoms with Gasteiger partial charge in [-0.3, -0.25) is 4.40 Å². The van der Waals surface area contributed by atoms with Gasteiger partial charge in [-0.25, -0.2) is 22.2 Å². The summed E-state index contributed by atoms with van der Waals surface area (Å²) in [5.41, 5.74) is 3.04. The third kappa shape index (κ3) is 4.24. The standard InChI is InChI=1S/C20H23F3N4O4S/c1-19(2,3)32(29,30)15-8-27-13(11-5-12(21)18(24)26-17(11)22)7-25-16(27)6-14(15)31-10-20(4,23)9-28/h5-8,28H,9-10H2,1-4H3,(H2,24,26)/t20-/m0/s1. The maximum Gasteiger partial charge on any atom is 0.224 e. The molecule has 1 atom stereocenters. The summed E-state index contributed by atoms with van der Waals surface area (Å²) in [6, 6.07) is 2.08. The molecule has 0 saturated heterocycles. The molecule has 0 radical (unpaired) electrons. The summed E-state index contributed by atoms with van der Waals surface area (Å²) in [5.74, 6) is -2.83. The van der Waals surface area contributed by atoms with Gasteiger partial charge in [0.05, 0.1) is 28.8 Å². The van der Waals surface area contributed by atoms with Crippen LogP contribution < -0.4 is 10.5 Å². The van der Waals surface area contributed by atoms with Crippen molar-refractivity contribution in [2.75, 3.05) is 18.9 Å². The number of ether oxygens (including phenoxy) is 1. The predicted octanol–water partition coefficient (Wildman–Crippen LogP) is 2.93. The number of nitrogens with two attached hydrogens (primary N) is 1. The second-order valence-corrected chi connectivity index (χ2v) is 11.2. The van der Waals surface area contributed by atoms with Crippen molar-refractivity contribution in [1.29, 1.82) is 0 Å². The Labute approximate surface area is 182 Å². The number of nitrogen functional groups attached to an aromatic ring is 1. The van der Waals surface area contributed by atoms with Crippen molar-refractivity contribution in [3.05, 3.63) is 36.3 Å². The lowest BCUT2D eigenvalue weighted by molar-refractivity contribution is 0.0397. The number of anilines is 1. The molecule has 0 unspecified atom stereocenters. The van der Waals surface area contributed by atoms with Gasteiger partial charge in [-0.2, -0.15) is 9.37 Å². The monoisotopic (exact) mass is 472 g/mol. The average Bonchev–Trinajstić information content (AvgIpc) is 3.10. The minimum absolute atomic E-state index is 0.0199. The number of imidazole rings is 1. The Bertz CT molecular complexity index is 1280. The van der Waals surface area contributed by atoms with Gasteiger partial charge < -0.3 is 15.6 Å². The van der Waals surface area contributed by atoms with Crippen LogP contribution in [0.25, 0.3) is 16.9 Å². The number of aliphatic hydroxyl groups is 1. The van der Waals surface area contributed by atoms with Crippen molar-refractivity contribution in [3.8, 4) is 17.0 Å². The van der Waals surface area contributed by atoms with E-state index in [0.29, 0.717) is 0 Å². The molecule has 0 aliphatic carbocycles. The molecule has 3 aromatic heterocycles. The summed E-state index contributed by atoms with van der Waals surface area (Å²) in [7, 11) is -4.04. The van der Waals surface area contributed by atoms with Crippen molar-refractivity contribution >= 4 is 21.3 Å². The van der Waals surface area contributed by atoms with E-state index in [4.69, 9.17) is 15.6 Å². The number of halogens is 3. The van der Waals surface area contributed by atoms with Crippen LogP contribution in [0.15, 0.2) is 29.4 Å². The van der Waals surface area contributed by atoms with Crippen LogP contribution in [-0.2, 0) is 9.84 Å². The Morgan fingerprint density at radius 2 is 1.88 bits per heavy atom. The van der Waals surface area contributed by atoms with Crippen LogP contribution in [0.3, 0.4) is 0 Å². The Balaban J connectivity index is 2.26. The van der Waals surface area contributed by atoms with Gasteiger partial charge in [0.25, 0.3) is 0 Å². The number of hydrogen-bond acceptors (Lipinski definition) is 7. The van der Waals surface area contributed by atoms with Crippen molar-refractivity contribution in [2.45, 2.75) is 43.0 Å². The van der Waals surface area contributed by atoms with E-state index in [2.05, 4.69) is 9.97 Å². The minimum atomic E-state index is -4.04. The number of aromatic nitrogens is 3. The molecule has 3 aromatic rings. The van der Waals surface area contributed by atoms with Gasteiger partial charge in [0.1, 0.15) is 22.9 Å². The SMILES string of the molecule is CC(C)(C)S(=O)(=O)c1cn2c(-c3cc(F)c(N)nc3F)cnc2cc1OC[C@@](C)(F)CO. The summed E-state index contributed by atoms with van der Waals surface area (Å²) in [5, 5.41) is 9.13. The molecule has 3 heterocycles. The second kappa shape index (κ2) is 7.93. The number of nitrogens with zero attached hydrogens (tertiary/aromatic N) is 3. The third-order valence-corrected chi connectivity index (χ3v) is 7.26. The molecule has 12 heteroatoms. The van der Waals surface area contributed by atoms with Gasteiger partial charge in [0.2, 0.25) is 5.95 Å². The summed E-state index contributed by atoms with van der Waals surface area (Å²) >= 11 is 0.